The lowest BCUT2D eigenvalue weighted by atomic mass is 9.76. The van der Waals surface area contributed by atoms with Gasteiger partial charge in [0.05, 0.1) is 49.5 Å². The van der Waals surface area contributed by atoms with Crippen LogP contribution >= 0.6 is 0 Å². The first-order valence-corrected chi connectivity index (χ1v) is 8.21. The van der Waals surface area contributed by atoms with Gasteiger partial charge in [0, 0.05) is 17.8 Å². The van der Waals surface area contributed by atoms with Crippen molar-refractivity contribution >= 4 is 11.4 Å². The van der Waals surface area contributed by atoms with Gasteiger partial charge in [-0.2, -0.15) is 15.8 Å². The van der Waals surface area contributed by atoms with Gasteiger partial charge in [0.25, 0.3) is 0 Å². The second-order valence-corrected chi connectivity index (χ2v) is 5.75. The predicted molar refractivity (Wildman–Crippen MR) is 102 cm³/mol. The zero-order chi connectivity index (χ0) is 20.4. The molecule has 0 aliphatic rings. The van der Waals surface area contributed by atoms with Crippen molar-refractivity contribution < 1.29 is 4.74 Å². The highest BCUT2D eigenvalue weighted by molar-refractivity contribution is 5.58. The summed E-state index contributed by atoms with van der Waals surface area (Å²) in [5.41, 5.74) is 3.52. The minimum Gasteiger partial charge on any atom is -0.496 e. The molecule has 2 aromatic rings. The smallest absolute Gasteiger partial charge is 0.125 e. The largest absolute Gasteiger partial charge is 0.496 e. The summed E-state index contributed by atoms with van der Waals surface area (Å²) in [5.74, 6) is 0.371. The Kier molecular flexibility index (Phi) is 6.80. The molecule has 1 N–H and O–H groups in total. The van der Waals surface area contributed by atoms with E-state index in [9.17, 15) is 5.26 Å². The summed E-state index contributed by atoms with van der Waals surface area (Å²) < 4.78 is 5.37. The summed E-state index contributed by atoms with van der Waals surface area (Å²) in [6.45, 7) is 3.80. The van der Waals surface area contributed by atoms with Crippen molar-refractivity contribution in [1.82, 2.24) is 4.98 Å². The number of benzene rings is 1. The van der Waals surface area contributed by atoms with Crippen LogP contribution in [0.2, 0.25) is 0 Å². The van der Waals surface area contributed by atoms with E-state index in [4.69, 9.17) is 15.3 Å². The summed E-state index contributed by atoms with van der Waals surface area (Å²) in [7, 11) is 1.45. The number of hydrogen-bond acceptors (Lipinski definition) is 7. The maximum Gasteiger partial charge on any atom is 0.125 e. The number of aromatic nitrogens is 1. The molecule has 0 aliphatic carbocycles. The number of nitrogens with zero attached hydrogens (tertiary/aromatic N) is 6. The maximum absolute atomic E-state index is 9.62. The van der Waals surface area contributed by atoms with E-state index in [1.165, 1.54) is 7.11 Å². The zero-order valence-electron chi connectivity index (χ0n) is 15.3. The minimum atomic E-state index is -1.26. The quantitative estimate of drug-likeness (QED) is 0.548. The Balaban J connectivity index is 2.24. The van der Waals surface area contributed by atoms with Gasteiger partial charge in [-0.1, -0.05) is 23.9 Å². The normalized spacial score (nSPS) is 10.5. The lowest BCUT2D eigenvalue weighted by molar-refractivity contribution is 0.398. The van der Waals surface area contributed by atoms with Crippen LogP contribution in [0.25, 0.3) is 5.70 Å². The van der Waals surface area contributed by atoms with Gasteiger partial charge in [0.15, 0.2) is 0 Å². The third-order valence-corrected chi connectivity index (χ3v) is 4.00. The van der Waals surface area contributed by atoms with Crippen molar-refractivity contribution in [3.05, 3.63) is 60.4 Å². The fourth-order valence-corrected chi connectivity index (χ4v) is 2.55. The van der Waals surface area contributed by atoms with Crippen LogP contribution in [0.4, 0.5) is 5.69 Å². The molecular weight excluding hydrogens is 354 g/mol. The SMILES string of the molecule is C=C(N=NNc1ccc(C(C#N)(CC#N)CC#N)c(OC)c1)c1ccccn1. The van der Waals surface area contributed by atoms with E-state index >= 15 is 0 Å². The molecule has 1 aromatic heterocycles. The van der Waals surface area contributed by atoms with Crippen LogP contribution in [0.5, 0.6) is 5.75 Å². The Morgan fingerprint density at radius 2 is 1.96 bits per heavy atom. The van der Waals surface area contributed by atoms with Gasteiger partial charge in [-0.05, 0) is 18.2 Å². The van der Waals surface area contributed by atoms with Crippen LogP contribution in [-0.2, 0) is 5.41 Å². The summed E-state index contributed by atoms with van der Waals surface area (Å²) in [5, 5.41) is 35.7. The summed E-state index contributed by atoms with van der Waals surface area (Å²) in [6.07, 6.45) is 1.39. The first-order valence-electron chi connectivity index (χ1n) is 8.21. The third kappa shape index (κ3) is 4.49. The molecule has 1 heterocycles. The molecule has 0 spiro atoms. The highest BCUT2D eigenvalue weighted by Crippen LogP contribution is 2.38. The molecule has 0 amide bonds. The molecule has 0 saturated carbocycles. The molecule has 0 unspecified atom stereocenters. The van der Waals surface area contributed by atoms with Crippen LogP contribution in [0.15, 0.2) is 59.5 Å². The Bertz CT molecular complexity index is 978. The molecule has 28 heavy (non-hydrogen) atoms. The number of pyridine rings is 1. The molecule has 0 atom stereocenters. The first-order chi connectivity index (χ1) is 13.6. The van der Waals surface area contributed by atoms with Gasteiger partial charge in [0.1, 0.15) is 16.9 Å². The number of rotatable bonds is 8. The van der Waals surface area contributed by atoms with Crippen molar-refractivity contribution in [1.29, 1.82) is 15.8 Å². The van der Waals surface area contributed by atoms with Crippen molar-refractivity contribution in [2.24, 2.45) is 10.3 Å². The fraction of sp³-hybridized carbons (Fsp3) is 0.200. The summed E-state index contributed by atoms with van der Waals surface area (Å²) in [6, 6.07) is 16.4. The van der Waals surface area contributed by atoms with Crippen LogP contribution in [0.1, 0.15) is 24.1 Å². The van der Waals surface area contributed by atoms with Crippen molar-refractivity contribution in [3.8, 4) is 24.0 Å². The lowest BCUT2D eigenvalue weighted by Gasteiger charge is -2.23. The van der Waals surface area contributed by atoms with E-state index in [-0.39, 0.29) is 12.8 Å². The molecule has 0 bridgehead atoms. The van der Waals surface area contributed by atoms with E-state index in [2.05, 4.69) is 33.4 Å². The number of nitrogens with one attached hydrogen (secondary N) is 1. The average molecular weight is 371 g/mol. The topological polar surface area (TPSA) is 130 Å². The van der Waals surface area contributed by atoms with Crippen molar-refractivity contribution in [3.63, 3.8) is 0 Å². The van der Waals surface area contributed by atoms with Gasteiger partial charge in [-0.3, -0.25) is 10.4 Å². The molecule has 8 heteroatoms. The zero-order valence-corrected chi connectivity index (χ0v) is 15.3. The average Bonchev–Trinajstić information content (AvgIpc) is 2.74. The molecular formula is C20H17N7O. The van der Waals surface area contributed by atoms with Crippen molar-refractivity contribution in [2.45, 2.75) is 18.3 Å². The van der Waals surface area contributed by atoms with E-state index < -0.39 is 5.41 Å². The highest BCUT2D eigenvalue weighted by Gasteiger charge is 2.35. The molecule has 8 nitrogen and oxygen atoms in total. The first kappa shape index (κ1) is 20.1. The molecule has 0 radical (unpaired) electrons. The Morgan fingerprint density at radius 1 is 1.21 bits per heavy atom. The fourth-order valence-electron chi connectivity index (χ4n) is 2.55. The van der Waals surface area contributed by atoms with E-state index in [1.807, 2.05) is 18.2 Å². The van der Waals surface area contributed by atoms with E-state index in [0.29, 0.717) is 28.4 Å². The molecule has 1 aromatic carbocycles. The minimum absolute atomic E-state index is 0.121. The second kappa shape index (κ2) is 9.47. The highest BCUT2D eigenvalue weighted by atomic mass is 16.5. The van der Waals surface area contributed by atoms with Gasteiger partial charge in [-0.25, -0.2) is 0 Å². The molecule has 0 aliphatic heterocycles. The monoisotopic (exact) mass is 371 g/mol. The molecule has 138 valence electrons. The van der Waals surface area contributed by atoms with Crippen LogP contribution in [0, 0.1) is 34.0 Å². The Hall–Kier alpha value is -4.22. The van der Waals surface area contributed by atoms with Gasteiger partial charge >= 0.3 is 0 Å². The standard InChI is InChI=1S/C20H17N7O/c1-15(18-5-3-4-12-24-18)25-27-26-16-6-7-17(19(13-16)28-2)20(14-23,8-10-21)9-11-22/h3-7,12-13H,1,8-9H2,2H3,(H,25,26). The Labute approximate surface area is 163 Å². The second-order valence-electron chi connectivity index (χ2n) is 5.75. The molecule has 0 fully saturated rings. The summed E-state index contributed by atoms with van der Waals surface area (Å²) >= 11 is 0. The van der Waals surface area contributed by atoms with Gasteiger partial charge < -0.3 is 4.74 Å². The number of ether oxygens (including phenoxy) is 1. The molecule has 2 rings (SSSR count). The van der Waals surface area contributed by atoms with Gasteiger partial charge in [-0.15, -0.1) is 5.11 Å². The maximum atomic E-state index is 9.62. The summed E-state index contributed by atoms with van der Waals surface area (Å²) in [4.78, 5) is 4.13. The van der Waals surface area contributed by atoms with Crippen LogP contribution in [0.3, 0.4) is 0 Å². The predicted octanol–water partition coefficient (Wildman–Crippen LogP) is 4.13. The van der Waals surface area contributed by atoms with Gasteiger partial charge in [0.2, 0.25) is 0 Å². The third-order valence-electron chi connectivity index (χ3n) is 4.00. The number of hydrogen-bond donors (Lipinski definition) is 1. The van der Waals surface area contributed by atoms with Crippen molar-refractivity contribution in [2.75, 3.05) is 12.5 Å². The van der Waals surface area contributed by atoms with Crippen LogP contribution < -0.4 is 10.2 Å². The van der Waals surface area contributed by atoms with E-state index in [0.717, 1.165) is 0 Å². The lowest BCUT2D eigenvalue weighted by Crippen LogP contribution is -2.24. The number of methoxy groups -OCH3 is 1. The van der Waals surface area contributed by atoms with E-state index in [1.54, 1.807) is 36.5 Å². The number of nitriles is 3. The van der Waals surface area contributed by atoms with Crippen LogP contribution in [-0.4, -0.2) is 12.1 Å². The Morgan fingerprint density at radius 3 is 2.54 bits per heavy atom. The molecule has 0 saturated heterocycles. The number of anilines is 1.